The number of hydrogen-bond donors (Lipinski definition) is 1. The summed E-state index contributed by atoms with van der Waals surface area (Å²) in [7, 11) is 0. The lowest BCUT2D eigenvalue weighted by Crippen LogP contribution is -2.48. The topological polar surface area (TPSA) is 72.4 Å². The normalized spacial score (nSPS) is 25.8. The first-order valence-corrected chi connectivity index (χ1v) is 5.56. The summed E-state index contributed by atoms with van der Waals surface area (Å²) in [5.74, 6) is 0.936. The molecule has 0 aliphatic carbocycles. The summed E-state index contributed by atoms with van der Waals surface area (Å²) in [5.41, 5.74) is 6.30. The van der Waals surface area contributed by atoms with Gasteiger partial charge < -0.3 is 15.2 Å². The number of carbonyl (C=O) groups excluding carboxylic acids is 1. The van der Waals surface area contributed by atoms with Gasteiger partial charge in [0.05, 0.1) is 0 Å². The molecule has 2 heterocycles. The fourth-order valence-electron chi connectivity index (χ4n) is 1.98. The molecular formula is C11H17N3O2. The Morgan fingerprint density at radius 3 is 3.00 bits per heavy atom. The summed E-state index contributed by atoms with van der Waals surface area (Å²) in [4.78, 5) is 13.8. The molecule has 2 rings (SSSR count). The van der Waals surface area contributed by atoms with Crippen LogP contribution in [0.25, 0.3) is 0 Å². The Morgan fingerprint density at radius 1 is 1.69 bits per heavy atom. The number of likely N-dealkylation sites (tertiary alicyclic amines) is 1. The zero-order valence-corrected chi connectivity index (χ0v) is 9.64. The molecule has 0 radical (unpaired) electrons. The lowest BCUT2D eigenvalue weighted by atomic mass is 9.94. The Bertz CT molecular complexity index is 388. The van der Waals surface area contributed by atoms with Crippen LogP contribution in [0.1, 0.15) is 29.6 Å². The van der Waals surface area contributed by atoms with Gasteiger partial charge in [0.2, 0.25) is 0 Å². The van der Waals surface area contributed by atoms with Crippen LogP contribution >= 0.6 is 0 Å². The van der Waals surface area contributed by atoms with Crippen LogP contribution in [0.15, 0.2) is 10.6 Å². The van der Waals surface area contributed by atoms with Crippen LogP contribution in [0.4, 0.5) is 0 Å². The minimum atomic E-state index is -0.0596. The van der Waals surface area contributed by atoms with Gasteiger partial charge in [0.15, 0.2) is 5.69 Å². The molecule has 5 heteroatoms. The van der Waals surface area contributed by atoms with Gasteiger partial charge in [-0.3, -0.25) is 4.79 Å². The minimum absolute atomic E-state index is 0.0596. The van der Waals surface area contributed by atoms with Gasteiger partial charge in [0, 0.05) is 25.2 Å². The Labute approximate surface area is 94.6 Å². The second kappa shape index (κ2) is 4.25. The molecule has 5 nitrogen and oxygen atoms in total. The highest BCUT2D eigenvalue weighted by molar-refractivity contribution is 5.92. The van der Waals surface area contributed by atoms with Crippen molar-refractivity contribution in [3.63, 3.8) is 0 Å². The van der Waals surface area contributed by atoms with E-state index in [9.17, 15) is 4.79 Å². The summed E-state index contributed by atoms with van der Waals surface area (Å²) in [6.45, 7) is 5.25. The Hall–Kier alpha value is -1.36. The molecule has 1 fully saturated rings. The van der Waals surface area contributed by atoms with Gasteiger partial charge >= 0.3 is 0 Å². The number of nitrogens with zero attached hydrogens (tertiary/aromatic N) is 2. The number of rotatable bonds is 1. The molecule has 1 saturated heterocycles. The van der Waals surface area contributed by atoms with E-state index in [0.717, 1.165) is 6.42 Å². The van der Waals surface area contributed by atoms with Crippen LogP contribution in [0.2, 0.25) is 0 Å². The second-order valence-electron chi connectivity index (χ2n) is 4.50. The lowest BCUT2D eigenvalue weighted by molar-refractivity contribution is 0.0653. The van der Waals surface area contributed by atoms with Gasteiger partial charge in [0.25, 0.3) is 5.91 Å². The van der Waals surface area contributed by atoms with Crippen molar-refractivity contribution >= 4 is 5.91 Å². The van der Waals surface area contributed by atoms with Crippen LogP contribution in [0, 0.1) is 12.8 Å². The van der Waals surface area contributed by atoms with Crippen molar-refractivity contribution in [3.05, 3.63) is 17.5 Å². The average Bonchev–Trinajstić information content (AvgIpc) is 2.68. The monoisotopic (exact) mass is 223 g/mol. The number of piperidine rings is 1. The third-order valence-corrected chi connectivity index (χ3v) is 3.11. The molecule has 2 atom stereocenters. The average molecular weight is 223 g/mol. The van der Waals surface area contributed by atoms with Gasteiger partial charge in [-0.15, -0.1) is 0 Å². The third-order valence-electron chi connectivity index (χ3n) is 3.11. The molecule has 1 amide bonds. The highest BCUT2D eigenvalue weighted by atomic mass is 16.5. The van der Waals surface area contributed by atoms with E-state index in [2.05, 4.69) is 12.1 Å². The standard InChI is InChI=1S/C11H17N3O2/c1-7-6-14(4-3-9(7)12)11(15)10-5-8(2)16-13-10/h5,7,9H,3-4,6,12H2,1-2H3. The van der Waals surface area contributed by atoms with Crippen molar-refractivity contribution in [1.29, 1.82) is 0 Å². The Kier molecular flexibility index (Phi) is 2.96. The summed E-state index contributed by atoms with van der Waals surface area (Å²) in [6, 6.07) is 1.87. The molecule has 2 N–H and O–H groups in total. The van der Waals surface area contributed by atoms with Gasteiger partial charge in [-0.25, -0.2) is 0 Å². The number of aromatic nitrogens is 1. The SMILES string of the molecule is Cc1cc(C(=O)N2CCC(N)C(C)C2)no1. The minimum Gasteiger partial charge on any atom is -0.361 e. The number of aryl methyl sites for hydroxylation is 1. The van der Waals surface area contributed by atoms with Crippen molar-refractivity contribution in [2.45, 2.75) is 26.3 Å². The number of amides is 1. The van der Waals surface area contributed by atoms with E-state index in [1.54, 1.807) is 17.9 Å². The number of hydrogen-bond acceptors (Lipinski definition) is 4. The predicted molar refractivity (Wildman–Crippen MR) is 58.9 cm³/mol. The largest absolute Gasteiger partial charge is 0.361 e. The fraction of sp³-hybridized carbons (Fsp3) is 0.636. The van der Waals surface area contributed by atoms with E-state index in [0.29, 0.717) is 30.5 Å². The molecule has 0 spiro atoms. The van der Waals surface area contributed by atoms with Crippen molar-refractivity contribution in [1.82, 2.24) is 10.1 Å². The smallest absolute Gasteiger partial charge is 0.276 e. The zero-order valence-electron chi connectivity index (χ0n) is 9.64. The van der Waals surface area contributed by atoms with E-state index in [4.69, 9.17) is 10.3 Å². The van der Waals surface area contributed by atoms with E-state index < -0.39 is 0 Å². The molecule has 0 bridgehead atoms. The maximum atomic E-state index is 12.0. The van der Waals surface area contributed by atoms with Crippen molar-refractivity contribution < 1.29 is 9.32 Å². The highest BCUT2D eigenvalue weighted by Crippen LogP contribution is 2.17. The summed E-state index contributed by atoms with van der Waals surface area (Å²) >= 11 is 0. The Balaban J connectivity index is 2.06. The second-order valence-corrected chi connectivity index (χ2v) is 4.50. The molecule has 1 aliphatic heterocycles. The van der Waals surface area contributed by atoms with E-state index >= 15 is 0 Å². The first kappa shape index (κ1) is 11.1. The van der Waals surface area contributed by atoms with Crippen molar-refractivity contribution in [3.8, 4) is 0 Å². The number of carbonyl (C=O) groups is 1. The van der Waals surface area contributed by atoms with Crippen LogP contribution in [0.3, 0.4) is 0 Å². The highest BCUT2D eigenvalue weighted by Gasteiger charge is 2.28. The van der Waals surface area contributed by atoms with E-state index in [1.807, 2.05) is 0 Å². The van der Waals surface area contributed by atoms with Crippen molar-refractivity contribution in [2.24, 2.45) is 11.7 Å². The van der Waals surface area contributed by atoms with Crippen LogP contribution < -0.4 is 5.73 Å². The van der Waals surface area contributed by atoms with Crippen LogP contribution in [-0.4, -0.2) is 35.1 Å². The number of nitrogens with two attached hydrogens (primary N) is 1. The van der Waals surface area contributed by atoms with Crippen LogP contribution in [0.5, 0.6) is 0 Å². The zero-order chi connectivity index (χ0) is 11.7. The fourth-order valence-corrected chi connectivity index (χ4v) is 1.98. The van der Waals surface area contributed by atoms with E-state index in [1.165, 1.54) is 0 Å². The first-order valence-electron chi connectivity index (χ1n) is 5.56. The molecule has 0 aromatic carbocycles. The molecule has 1 aliphatic rings. The summed E-state index contributed by atoms with van der Waals surface area (Å²) < 4.78 is 4.90. The third kappa shape index (κ3) is 2.09. The lowest BCUT2D eigenvalue weighted by Gasteiger charge is -2.34. The van der Waals surface area contributed by atoms with Crippen molar-refractivity contribution in [2.75, 3.05) is 13.1 Å². The maximum Gasteiger partial charge on any atom is 0.276 e. The quantitative estimate of drug-likeness (QED) is 0.764. The van der Waals surface area contributed by atoms with E-state index in [-0.39, 0.29) is 11.9 Å². The maximum absolute atomic E-state index is 12.0. The van der Waals surface area contributed by atoms with Gasteiger partial charge in [0.1, 0.15) is 5.76 Å². The molecule has 16 heavy (non-hydrogen) atoms. The summed E-state index contributed by atoms with van der Waals surface area (Å²) in [6.07, 6.45) is 0.851. The first-order chi connectivity index (χ1) is 7.58. The van der Waals surface area contributed by atoms with Gasteiger partial charge in [-0.1, -0.05) is 12.1 Å². The molecule has 2 unspecified atom stereocenters. The van der Waals surface area contributed by atoms with Gasteiger partial charge in [-0.2, -0.15) is 0 Å². The molecule has 1 aromatic rings. The molecule has 1 aromatic heterocycles. The molecular weight excluding hydrogens is 206 g/mol. The Morgan fingerprint density at radius 2 is 2.44 bits per heavy atom. The molecule has 0 saturated carbocycles. The van der Waals surface area contributed by atoms with Gasteiger partial charge in [-0.05, 0) is 19.3 Å². The van der Waals surface area contributed by atoms with Crippen LogP contribution in [-0.2, 0) is 0 Å². The molecule has 88 valence electrons. The summed E-state index contributed by atoms with van der Waals surface area (Å²) in [5, 5.41) is 3.74. The predicted octanol–water partition coefficient (Wildman–Crippen LogP) is 0.792.